The standard InChI is InChI=1S/C11H22O/c1-8(2)10(9(3)4)11(7-12)5-6-11/h8-10,12H,5-7H2,1-4H3. The van der Waals surface area contributed by atoms with Crippen LogP contribution in [0.2, 0.25) is 0 Å². The van der Waals surface area contributed by atoms with Crippen LogP contribution < -0.4 is 0 Å². The minimum atomic E-state index is 0.308. The summed E-state index contributed by atoms with van der Waals surface area (Å²) in [5.74, 6) is 2.13. The first-order valence-corrected chi connectivity index (χ1v) is 5.14. The van der Waals surface area contributed by atoms with Crippen molar-refractivity contribution in [2.45, 2.75) is 40.5 Å². The van der Waals surface area contributed by atoms with Gasteiger partial charge < -0.3 is 5.11 Å². The molecule has 0 saturated heterocycles. The Morgan fingerprint density at radius 3 is 1.58 bits per heavy atom. The van der Waals surface area contributed by atoms with E-state index in [9.17, 15) is 5.11 Å². The van der Waals surface area contributed by atoms with E-state index in [0.717, 1.165) is 0 Å². The van der Waals surface area contributed by atoms with Gasteiger partial charge in [-0.05, 0) is 36.0 Å². The lowest BCUT2D eigenvalue weighted by Crippen LogP contribution is -2.29. The van der Waals surface area contributed by atoms with Gasteiger partial charge in [0, 0.05) is 6.61 Å². The summed E-state index contributed by atoms with van der Waals surface area (Å²) in [7, 11) is 0. The van der Waals surface area contributed by atoms with Crippen LogP contribution in [-0.4, -0.2) is 11.7 Å². The van der Waals surface area contributed by atoms with E-state index in [-0.39, 0.29) is 0 Å². The van der Waals surface area contributed by atoms with Crippen LogP contribution in [0, 0.1) is 23.2 Å². The maximum atomic E-state index is 9.32. The molecule has 1 saturated carbocycles. The van der Waals surface area contributed by atoms with Gasteiger partial charge in [0.15, 0.2) is 0 Å². The van der Waals surface area contributed by atoms with E-state index in [1.165, 1.54) is 12.8 Å². The SMILES string of the molecule is CC(C)C(C(C)C)C1(CO)CC1. The Bertz CT molecular complexity index is 137. The van der Waals surface area contributed by atoms with Crippen LogP contribution in [0.5, 0.6) is 0 Å². The average Bonchev–Trinajstić information content (AvgIpc) is 2.68. The van der Waals surface area contributed by atoms with E-state index in [2.05, 4.69) is 27.7 Å². The maximum absolute atomic E-state index is 9.32. The highest BCUT2D eigenvalue weighted by molar-refractivity contribution is 4.99. The zero-order valence-electron chi connectivity index (χ0n) is 8.80. The van der Waals surface area contributed by atoms with Crippen LogP contribution in [0.4, 0.5) is 0 Å². The van der Waals surface area contributed by atoms with Crippen molar-refractivity contribution in [2.75, 3.05) is 6.61 Å². The van der Waals surface area contributed by atoms with Crippen LogP contribution in [-0.2, 0) is 0 Å². The van der Waals surface area contributed by atoms with Gasteiger partial charge in [0.1, 0.15) is 0 Å². The molecule has 0 unspecified atom stereocenters. The van der Waals surface area contributed by atoms with Gasteiger partial charge in [-0.2, -0.15) is 0 Å². The van der Waals surface area contributed by atoms with E-state index >= 15 is 0 Å². The molecule has 1 aliphatic carbocycles. The second-order valence-electron chi connectivity index (χ2n) is 5.03. The van der Waals surface area contributed by atoms with E-state index in [1.54, 1.807) is 0 Å². The molecule has 0 aromatic rings. The lowest BCUT2D eigenvalue weighted by atomic mass is 9.74. The van der Waals surface area contributed by atoms with Crippen molar-refractivity contribution in [3.8, 4) is 0 Å². The zero-order chi connectivity index (χ0) is 9.35. The molecule has 1 fully saturated rings. The number of aliphatic hydroxyl groups excluding tert-OH is 1. The first kappa shape index (κ1) is 10.0. The minimum Gasteiger partial charge on any atom is -0.396 e. The quantitative estimate of drug-likeness (QED) is 0.687. The largest absolute Gasteiger partial charge is 0.396 e. The Hall–Kier alpha value is -0.0400. The molecule has 1 aliphatic rings. The topological polar surface area (TPSA) is 20.2 Å². The minimum absolute atomic E-state index is 0.308. The van der Waals surface area contributed by atoms with Crippen LogP contribution >= 0.6 is 0 Å². The molecular formula is C11H22O. The number of aliphatic hydroxyl groups is 1. The summed E-state index contributed by atoms with van der Waals surface area (Å²) in [6.45, 7) is 9.51. The Kier molecular flexibility index (Phi) is 2.82. The van der Waals surface area contributed by atoms with E-state index in [1.807, 2.05) is 0 Å². The Labute approximate surface area is 76.2 Å². The van der Waals surface area contributed by atoms with Gasteiger partial charge in [-0.25, -0.2) is 0 Å². The molecule has 0 radical (unpaired) electrons. The average molecular weight is 170 g/mol. The summed E-state index contributed by atoms with van der Waals surface area (Å²) in [4.78, 5) is 0. The van der Waals surface area contributed by atoms with E-state index < -0.39 is 0 Å². The lowest BCUT2D eigenvalue weighted by Gasteiger charge is -2.32. The summed E-state index contributed by atoms with van der Waals surface area (Å²) in [5, 5.41) is 9.32. The highest BCUT2D eigenvalue weighted by Crippen LogP contribution is 2.56. The molecule has 0 heterocycles. The summed E-state index contributed by atoms with van der Waals surface area (Å²) in [5.41, 5.74) is 0.308. The fourth-order valence-electron chi connectivity index (χ4n) is 2.94. The van der Waals surface area contributed by atoms with Crippen LogP contribution in [0.15, 0.2) is 0 Å². The number of hydrogen-bond acceptors (Lipinski definition) is 1. The monoisotopic (exact) mass is 170 g/mol. The van der Waals surface area contributed by atoms with Gasteiger partial charge in [0.05, 0.1) is 0 Å². The predicted molar refractivity (Wildman–Crippen MR) is 51.9 cm³/mol. The third-order valence-corrected chi connectivity index (χ3v) is 3.35. The van der Waals surface area contributed by atoms with Crippen molar-refractivity contribution >= 4 is 0 Å². The summed E-state index contributed by atoms with van der Waals surface area (Å²) < 4.78 is 0. The Balaban J connectivity index is 2.66. The van der Waals surface area contributed by atoms with Crippen molar-refractivity contribution < 1.29 is 5.11 Å². The molecule has 0 amide bonds. The van der Waals surface area contributed by atoms with Crippen molar-refractivity contribution in [1.29, 1.82) is 0 Å². The third-order valence-electron chi connectivity index (χ3n) is 3.35. The molecule has 0 atom stereocenters. The van der Waals surface area contributed by atoms with Crippen LogP contribution in [0.1, 0.15) is 40.5 Å². The number of hydrogen-bond donors (Lipinski definition) is 1. The van der Waals surface area contributed by atoms with Gasteiger partial charge >= 0.3 is 0 Å². The third kappa shape index (κ3) is 1.66. The lowest BCUT2D eigenvalue weighted by molar-refractivity contribution is 0.0930. The van der Waals surface area contributed by atoms with Crippen molar-refractivity contribution in [1.82, 2.24) is 0 Å². The second-order valence-corrected chi connectivity index (χ2v) is 5.03. The molecule has 72 valence electrons. The van der Waals surface area contributed by atoms with Crippen molar-refractivity contribution in [3.05, 3.63) is 0 Å². The van der Waals surface area contributed by atoms with Gasteiger partial charge in [0.25, 0.3) is 0 Å². The molecule has 12 heavy (non-hydrogen) atoms. The van der Waals surface area contributed by atoms with Crippen molar-refractivity contribution in [3.63, 3.8) is 0 Å². The molecule has 0 spiro atoms. The Morgan fingerprint density at radius 2 is 1.50 bits per heavy atom. The fraction of sp³-hybridized carbons (Fsp3) is 1.00. The molecule has 0 aromatic carbocycles. The number of rotatable bonds is 4. The second kappa shape index (κ2) is 3.37. The normalized spacial score (nSPS) is 21.0. The molecule has 0 aliphatic heterocycles. The molecule has 1 N–H and O–H groups in total. The molecule has 1 rings (SSSR count). The molecule has 0 aromatic heterocycles. The first-order chi connectivity index (χ1) is 5.53. The first-order valence-electron chi connectivity index (χ1n) is 5.14. The van der Waals surface area contributed by atoms with E-state index in [4.69, 9.17) is 0 Å². The molecule has 0 bridgehead atoms. The van der Waals surface area contributed by atoms with Gasteiger partial charge in [-0.15, -0.1) is 0 Å². The molecular weight excluding hydrogens is 148 g/mol. The smallest absolute Gasteiger partial charge is 0.0490 e. The molecule has 1 nitrogen and oxygen atoms in total. The van der Waals surface area contributed by atoms with Gasteiger partial charge in [-0.3, -0.25) is 0 Å². The van der Waals surface area contributed by atoms with Gasteiger partial charge in [0.2, 0.25) is 0 Å². The van der Waals surface area contributed by atoms with Gasteiger partial charge in [-0.1, -0.05) is 27.7 Å². The zero-order valence-corrected chi connectivity index (χ0v) is 8.80. The summed E-state index contributed by atoms with van der Waals surface area (Å²) in [6.07, 6.45) is 2.48. The summed E-state index contributed by atoms with van der Waals surface area (Å²) in [6, 6.07) is 0. The maximum Gasteiger partial charge on any atom is 0.0490 e. The van der Waals surface area contributed by atoms with Crippen LogP contribution in [0.25, 0.3) is 0 Å². The van der Waals surface area contributed by atoms with Crippen LogP contribution in [0.3, 0.4) is 0 Å². The predicted octanol–water partition coefficient (Wildman–Crippen LogP) is 2.69. The van der Waals surface area contributed by atoms with E-state index in [0.29, 0.717) is 29.8 Å². The molecule has 1 heteroatoms. The summed E-state index contributed by atoms with van der Waals surface area (Å²) >= 11 is 0. The highest BCUT2D eigenvalue weighted by atomic mass is 16.3. The fourth-order valence-corrected chi connectivity index (χ4v) is 2.94. The highest BCUT2D eigenvalue weighted by Gasteiger charge is 2.50. The van der Waals surface area contributed by atoms with Crippen molar-refractivity contribution in [2.24, 2.45) is 23.2 Å². The Morgan fingerprint density at radius 1 is 1.08 bits per heavy atom.